The number of hydrogen-bond acceptors (Lipinski definition) is 3. The molecule has 0 amide bonds. The molecule has 16 heavy (non-hydrogen) atoms. The Morgan fingerprint density at radius 2 is 1.94 bits per heavy atom. The van der Waals surface area contributed by atoms with Crippen LogP contribution < -0.4 is 5.32 Å². The van der Waals surface area contributed by atoms with Crippen LogP contribution in [0.1, 0.15) is 47.0 Å². The number of hydrogen-bond donors (Lipinski definition) is 2. The molecule has 3 nitrogen and oxygen atoms in total. The zero-order valence-electron chi connectivity index (χ0n) is 10.9. The summed E-state index contributed by atoms with van der Waals surface area (Å²) in [5.41, 5.74) is 0.0777. The third kappa shape index (κ3) is 2.41. The molecule has 1 heterocycles. The first kappa shape index (κ1) is 12.3. The van der Waals surface area contributed by atoms with E-state index in [0.29, 0.717) is 6.04 Å². The highest BCUT2D eigenvalue weighted by molar-refractivity contribution is 5.00. The second-order valence-corrected chi connectivity index (χ2v) is 6.38. The molecule has 1 aliphatic carbocycles. The molecule has 5 atom stereocenters. The Bertz CT molecular complexity index is 249. The Morgan fingerprint density at radius 3 is 2.56 bits per heavy atom. The summed E-state index contributed by atoms with van der Waals surface area (Å²) >= 11 is 0. The lowest BCUT2D eigenvalue weighted by Crippen LogP contribution is -2.53. The van der Waals surface area contributed by atoms with Crippen molar-refractivity contribution in [3.05, 3.63) is 0 Å². The van der Waals surface area contributed by atoms with Gasteiger partial charge in [0.15, 0.2) is 0 Å². The molecule has 1 aliphatic heterocycles. The van der Waals surface area contributed by atoms with Gasteiger partial charge in [0.1, 0.15) is 0 Å². The summed E-state index contributed by atoms with van der Waals surface area (Å²) in [7, 11) is 0. The van der Waals surface area contributed by atoms with Crippen molar-refractivity contribution in [3.63, 3.8) is 0 Å². The van der Waals surface area contributed by atoms with Crippen LogP contribution in [0, 0.1) is 5.92 Å². The topological polar surface area (TPSA) is 41.5 Å². The fourth-order valence-electron chi connectivity index (χ4n) is 3.18. The van der Waals surface area contributed by atoms with Crippen LogP contribution in [0.2, 0.25) is 0 Å². The van der Waals surface area contributed by atoms with Crippen molar-refractivity contribution >= 4 is 0 Å². The predicted octanol–water partition coefficient (Wildman–Crippen LogP) is 1.69. The molecule has 0 aromatic carbocycles. The summed E-state index contributed by atoms with van der Waals surface area (Å²) in [6.07, 6.45) is 3.41. The molecule has 0 radical (unpaired) electrons. The van der Waals surface area contributed by atoms with Crippen LogP contribution in [0.15, 0.2) is 0 Å². The van der Waals surface area contributed by atoms with Crippen LogP contribution in [-0.2, 0) is 4.74 Å². The van der Waals surface area contributed by atoms with Crippen LogP contribution in [-0.4, -0.2) is 35.0 Å². The van der Waals surface area contributed by atoms with Crippen molar-refractivity contribution in [2.45, 2.75) is 76.9 Å². The quantitative estimate of drug-likeness (QED) is 0.716. The number of aliphatic hydroxyl groups excluding tert-OH is 1. The van der Waals surface area contributed by atoms with E-state index in [4.69, 9.17) is 4.74 Å². The van der Waals surface area contributed by atoms with Gasteiger partial charge in [-0.1, -0.05) is 0 Å². The van der Waals surface area contributed by atoms with E-state index in [2.05, 4.69) is 33.0 Å². The maximum Gasteiger partial charge on any atom is 0.0708 e. The van der Waals surface area contributed by atoms with Crippen LogP contribution >= 0.6 is 0 Å². The molecule has 2 aliphatic rings. The summed E-state index contributed by atoms with van der Waals surface area (Å²) in [5, 5.41) is 13.8. The molecule has 2 fully saturated rings. The van der Waals surface area contributed by atoms with E-state index in [-0.39, 0.29) is 29.8 Å². The molecule has 3 heteroatoms. The van der Waals surface area contributed by atoms with E-state index in [1.54, 1.807) is 0 Å². The minimum Gasteiger partial charge on any atom is -0.393 e. The van der Waals surface area contributed by atoms with Gasteiger partial charge in [-0.3, -0.25) is 0 Å². The first-order chi connectivity index (χ1) is 7.38. The van der Waals surface area contributed by atoms with Crippen LogP contribution in [0.3, 0.4) is 0 Å². The van der Waals surface area contributed by atoms with E-state index < -0.39 is 0 Å². The molecule has 0 unspecified atom stereocenters. The van der Waals surface area contributed by atoms with Gasteiger partial charge in [-0.05, 0) is 47.0 Å². The second-order valence-electron chi connectivity index (χ2n) is 6.38. The van der Waals surface area contributed by atoms with Gasteiger partial charge in [0, 0.05) is 17.5 Å². The van der Waals surface area contributed by atoms with Crippen molar-refractivity contribution in [1.82, 2.24) is 5.32 Å². The third-order valence-corrected chi connectivity index (χ3v) is 3.77. The maximum absolute atomic E-state index is 10.1. The number of fused-ring (bicyclic) bond motifs is 1. The number of aliphatic hydroxyl groups is 1. The Labute approximate surface area is 98.6 Å². The summed E-state index contributed by atoms with van der Waals surface area (Å²) in [5.74, 6) is 0.281. The highest BCUT2D eigenvalue weighted by Gasteiger charge is 2.48. The van der Waals surface area contributed by atoms with Gasteiger partial charge < -0.3 is 15.2 Å². The zero-order chi connectivity index (χ0) is 11.9. The fraction of sp³-hybridized carbons (Fsp3) is 1.00. The first-order valence-electron chi connectivity index (χ1n) is 6.50. The lowest BCUT2D eigenvalue weighted by atomic mass is 9.79. The largest absolute Gasteiger partial charge is 0.393 e. The van der Waals surface area contributed by atoms with Crippen molar-refractivity contribution in [2.24, 2.45) is 5.92 Å². The monoisotopic (exact) mass is 227 g/mol. The lowest BCUT2D eigenvalue weighted by Gasteiger charge is -2.36. The number of ether oxygens (including phenoxy) is 1. The molecule has 0 spiro atoms. The van der Waals surface area contributed by atoms with Crippen LogP contribution in [0.4, 0.5) is 0 Å². The molecule has 94 valence electrons. The van der Waals surface area contributed by atoms with Gasteiger partial charge in [0.25, 0.3) is 0 Å². The van der Waals surface area contributed by atoms with Gasteiger partial charge >= 0.3 is 0 Å². The fourth-order valence-corrected chi connectivity index (χ4v) is 3.18. The Balaban J connectivity index is 2.10. The van der Waals surface area contributed by atoms with Crippen molar-refractivity contribution in [3.8, 4) is 0 Å². The molecule has 1 saturated carbocycles. The molecule has 0 aromatic heterocycles. The predicted molar refractivity (Wildman–Crippen MR) is 64.4 cm³/mol. The van der Waals surface area contributed by atoms with Crippen molar-refractivity contribution < 1.29 is 9.84 Å². The Morgan fingerprint density at radius 1 is 1.25 bits per heavy atom. The average molecular weight is 227 g/mol. The lowest BCUT2D eigenvalue weighted by molar-refractivity contribution is -0.0177. The van der Waals surface area contributed by atoms with Crippen molar-refractivity contribution in [1.29, 1.82) is 0 Å². The van der Waals surface area contributed by atoms with Crippen molar-refractivity contribution in [2.75, 3.05) is 0 Å². The summed E-state index contributed by atoms with van der Waals surface area (Å²) in [4.78, 5) is 0. The van der Waals surface area contributed by atoms with E-state index in [0.717, 1.165) is 19.3 Å². The minimum absolute atomic E-state index is 0.0777. The second kappa shape index (κ2) is 4.28. The summed E-state index contributed by atoms with van der Waals surface area (Å²) in [6.45, 7) is 8.63. The van der Waals surface area contributed by atoms with Crippen LogP contribution in [0.5, 0.6) is 0 Å². The molecule has 0 bridgehead atoms. The van der Waals surface area contributed by atoms with Gasteiger partial charge in [-0.2, -0.15) is 0 Å². The average Bonchev–Trinajstić information content (AvgIpc) is 2.42. The standard InChI is InChI=1S/C13H25NO2/c1-8-12(14-13(2,3)4)11-9(15)6-5-7-10(11)16-8/h8-12,14-15H,5-7H2,1-4H3/t8-,9+,10-,11+,12-/m0/s1. The smallest absolute Gasteiger partial charge is 0.0708 e. The summed E-state index contributed by atoms with van der Waals surface area (Å²) in [6, 6.07) is 0.292. The molecule has 2 N–H and O–H groups in total. The van der Waals surface area contributed by atoms with E-state index in [9.17, 15) is 5.11 Å². The number of nitrogens with one attached hydrogen (secondary N) is 1. The molecule has 1 saturated heterocycles. The normalized spacial score (nSPS) is 44.4. The Kier molecular flexibility index (Phi) is 3.30. The third-order valence-electron chi connectivity index (χ3n) is 3.77. The van der Waals surface area contributed by atoms with Crippen LogP contribution in [0.25, 0.3) is 0 Å². The van der Waals surface area contributed by atoms with E-state index >= 15 is 0 Å². The zero-order valence-corrected chi connectivity index (χ0v) is 10.9. The van der Waals surface area contributed by atoms with E-state index in [1.807, 2.05) is 0 Å². The minimum atomic E-state index is -0.191. The van der Waals surface area contributed by atoms with Gasteiger partial charge in [0.05, 0.1) is 18.3 Å². The molecular formula is C13H25NO2. The van der Waals surface area contributed by atoms with E-state index in [1.165, 1.54) is 0 Å². The molecular weight excluding hydrogens is 202 g/mol. The highest BCUT2D eigenvalue weighted by atomic mass is 16.5. The van der Waals surface area contributed by atoms with Gasteiger partial charge in [-0.15, -0.1) is 0 Å². The van der Waals surface area contributed by atoms with Gasteiger partial charge in [-0.25, -0.2) is 0 Å². The first-order valence-corrected chi connectivity index (χ1v) is 6.50. The molecule has 0 aromatic rings. The highest BCUT2D eigenvalue weighted by Crippen LogP contribution is 2.38. The molecule has 2 rings (SSSR count). The Hall–Kier alpha value is -0.120. The maximum atomic E-state index is 10.1. The SMILES string of the molecule is C[C@@H]1O[C@H]2CCC[C@@H](O)[C@H]2[C@H]1NC(C)(C)C. The number of rotatable bonds is 1. The summed E-state index contributed by atoms with van der Waals surface area (Å²) < 4.78 is 5.97. The van der Waals surface area contributed by atoms with Gasteiger partial charge in [0.2, 0.25) is 0 Å².